The highest BCUT2D eigenvalue weighted by Gasteiger charge is 2.27. The fraction of sp³-hybridized carbons (Fsp3) is 0.615. The van der Waals surface area contributed by atoms with E-state index in [-0.39, 0.29) is 6.10 Å². The van der Waals surface area contributed by atoms with Crippen LogP contribution >= 0.6 is 0 Å². The van der Waals surface area contributed by atoms with E-state index in [1.165, 1.54) is 0 Å². The minimum atomic E-state index is 0.130. The first kappa shape index (κ1) is 12.3. The third kappa shape index (κ3) is 2.76. The van der Waals surface area contributed by atoms with Crippen LogP contribution in [0.25, 0.3) is 0 Å². The second-order valence-corrected chi connectivity index (χ2v) is 4.49. The van der Waals surface area contributed by atoms with Gasteiger partial charge in [-0.3, -0.25) is 4.90 Å². The van der Waals surface area contributed by atoms with Crippen molar-refractivity contribution in [2.75, 3.05) is 25.4 Å². The van der Waals surface area contributed by atoms with Gasteiger partial charge in [0.25, 0.3) is 0 Å². The molecule has 2 heterocycles. The quantitative estimate of drug-likeness (QED) is 0.868. The molecule has 4 nitrogen and oxygen atoms in total. The van der Waals surface area contributed by atoms with Crippen LogP contribution in [0.15, 0.2) is 18.3 Å². The summed E-state index contributed by atoms with van der Waals surface area (Å²) in [5.74, 6) is 0.559. The largest absolute Gasteiger partial charge is 0.384 e. The molecule has 2 N–H and O–H groups in total. The molecule has 1 aliphatic rings. The second-order valence-electron chi connectivity index (χ2n) is 4.49. The Kier molecular flexibility index (Phi) is 3.97. The van der Waals surface area contributed by atoms with Crippen LogP contribution < -0.4 is 5.73 Å². The topological polar surface area (TPSA) is 51.4 Å². The van der Waals surface area contributed by atoms with Crippen LogP contribution in [-0.4, -0.2) is 35.6 Å². The molecule has 1 fully saturated rings. The lowest BCUT2D eigenvalue weighted by Gasteiger charge is -2.38. The number of aromatic nitrogens is 1. The third-order valence-electron chi connectivity index (χ3n) is 3.46. The van der Waals surface area contributed by atoms with Gasteiger partial charge in [-0.05, 0) is 19.0 Å². The van der Waals surface area contributed by atoms with Gasteiger partial charge in [0.15, 0.2) is 0 Å². The number of ether oxygens (including phenoxy) is 1. The van der Waals surface area contributed by atoms with Crippen LogP contribution in [0.1, 0.15) is 31.9 Å². The number of nitrogen functional groups attached to an aromatic ring is 1. The van der Waals surface area contributed by atoms with Crippen LogP contribution in [0.2, 0.25) is 0 Å². The van der Waals surface area contributed by atoms with E-state index in [0.29, 0.717) is 11.9 Å². The minimum absolute atomic E-state index is 0.130. The smallest absolute Gasteiger partial charge is 0.123 e. The number of nitrogens with two attached hydrogens (primary N) is 1. The lowest BCUT2D eigenvalue weighted by molar-refractivity contribution is -0.0643. The second kappa shape index (κ2) is 5.47. The normalized spacial score (nSPS) is 26.0. The average Bonchev–Trinajstić information content (AvgIpc) is 2.39. The predicted molar refractivity (Wildman–Crippen MR) is 68.7 cm³/mol. The van der Waals surface area contributed by atoms with Gasteiger partial charge in [-0.1, -0.05) is 19.9 Å². The molecule has 0 aromatic carbocycles. The molecule has 4 heteroatoms. The monoisotopic (exact) mass is 235 g/mol. The zero-order valence-corrected chi connectivity index (χ0v) is 10.6. The summed E-state index contributed by atoms with van der Waals surface area (Å²) in [5, 5.41) is 0. The summed E-state index contributed by atoms with van der Waals surface area (Å²) in [6, 6.07) is 4.39. The summed E-state index contributed by atoms with van der Waals surface area (Å²) in [6.07, 6.45) is 3.09. The van der Waals surface area contributed by atoms with Crippen LogP contribution in [0.5, 0.6) is 0 Å². The zero-order chi connectivity index (χ0) is 12.3. The van der Waals surface area contributed by atoms with E-state index in [1.54, 1.807) is 0 Å². The average molecular weight is 235 g/mol. The fourth-order valence-electron chi connectivity index (χ4n) is 2.32. The number of pyridine rings is 1. The molecule has 1 aliphatic heterocycles. The minimum Gasteiger partial charge on any atom is -0.384 e. The highest BCUT2D eigenvalue weighted by Crippen LogP contribution is 2.25. The Balaban J connectivity index is 2.06. The molecular formula is C13H21N3O. The lowest BCUT2D eigenvalue weighted by Crippen LogP contribution is -2.46. The Labute approximate surface area is 103 Å². The number of morpholine rings is 1. The number of rotatable bonds is 3. The molecule has 0 spiro atoms. The molecule has 94 valence electrons. The van der Waals surface area contributed by atoms with Gasteiger partial charge in [0.1, 0.15) is 5.82 Å². The number of hydrogen-bond acceptors (Lipinski definition) is 4. The molecular weight excluding hydrogens is 214 g/mol. The van der Waals surface area contributed by atoms with Crippen molar-refractivity contribution in [3.63, 3.8) is 0 Å². The van der Waals surface area contributed by atoms with E-state index in [2.05, 4.69) is 23.7 Å². The zero-order valence-electron chi connectivity index (χ0n) is 10.6. The molecule has 0 aliphatic carbocycles. The van der Waals surface area contributed by atoms with E-state index < -0.39 is 0 Å². The van der Waals surface area contributed by atoms with E-state index >= 15 is 0 Å². The first-order valence-electron chi connectivity index (χ1n) is 6.31. The molecule has 1 aromatic heterocycles. The number of hydrogen-bond donors (Lipinski definition) is 1. The van der Waals surface area contributed by atoms with Gasteiger partial charge in [-0.2, -0.15) is 0 Å². The van der Waals surface area contributed by atoms with Crippen molar-refractivity contribution < 1.29 is 4.74 Å². The molecule has 2 unspecified atom stereocenters. The van der Waals surface area contributed by atoms with E-state index in [4.69, 9.17) is 10.5 Å². The summed E-state index contributed by atoms with van der Waals surface area (Å²) in [4.78, 5) is 6.60. The number of nitrogens with zero attached hydrogens (tertiary/aromatic N) is 2. The van der Waals surface area contributed by atoms with Crippen molar-refractivity contribution in [3.8, 4) is 0 Å². The van der Waals surface area contributed by atoms with Crippen molar-refractivity contribution in [1.29, 1.82) is 0 Å². The first-order chi connectivity index (χ1) is 8.24. The van der Waals surface area contributed by atoms with Crippen LogP contribution in [0.4, 0.5) is 5.82 Å². The Morgan fingerprint density at radius 1 is 1.47 bits per heavy atom. The highest BCUT2D eigenvalue weighted by molar-refractivity contribution is 5.30. The Hall–Kier alpha value is -1.13. The van der Waals surface area contributed by atoms with Gasteiger partial charge in [-0.25, -0.2) is 4.98 Å². The highest BCUT2D eigenvalue weighted by atomic mass is 16.5. The third-order valence-corrected chi connectivity index (χ3v) is 3.46. The number of anilines is 1. The van der Waals surface area contributed by atoms with Crippen molar-refractivity contribution in [3.05, 3.63) is 23.9 Å². The van der Waals surface area contributed by atoms with Gasteiger partial charge >= 0.3 is 0 Å². The summed E-state index contributed by atoms with van der Waals surface area (Å²) in [6.45, 7) is 7.23. The molecule has 1 saturated heterocycles. The summed E-state index contributed by atoms with van der Waals surface area (Å²) < 4.78 is 5.92. The molecule has 0 amide bonds. The van der Waals surface area contributed by atoms with Crippen LogP contribution in [0.3, 0.4) is 0 Å². The van der Waals surface area contributed by atoms with Gasteiger partial charge in [-0.15, -0.1) is 0 Å². The van der Waals surface area contributed by atoms with Crippen LogP contribution in [-0.2, 0) is 4.74 Å². The Morgan fingerprint density at radius 2 is 2.29 bits per heavy atom. The SMILES string of the molecule is CCC1COC(c2ccc(N)nc2)CN1CC. The molecule has 0 radical (unpaired) electrons. The molecule has 2 atom stereocenters. The Bertz CT molecular complexity index is 352. The number of likely N-dealkylation sites (N-methyl/N-ethyl adjacent to an activating group) is 1. The first-order valence-corrected chi connectivity index (χ1v) is 6.31. The van der Waals surface area contributed by atoms with Crippen molar-refractivity contribution in [1.82, 2.24) is 9.88 Å². The van der Waals surface area contributed by atoms with E-state index in [1.807, 2.05) is 18.3 Å². The van der Waals surface area contributed by atoms with Gasteiger partial charge in [0.05, 0.1) is 12.7 Å². The van der Waals surface area contributed by atoms with Crippen LogP contribution in [0, 0.1) is 0 Å². The van der Waals surface area contributed by atoms with Gasteiger partial charge < -0.3 is 10.5 Å². The molecule has 0 saturated carbocycles. The molecule has 2 rings (SSSR count). The van der Waals surface area contributed by atoms with Gasteiger partial charge in [0, 0.05) is 24.3 Å². The molecule has 1 aromatic rings. The maximum absolute atomic E-state index is 5.92. The molecule has 0 bridgehead atoms. The van der Waals surface area contributed by atoms with Crippen molar-refractivity contribution >= 4 is 5.82 Å². The van der Waals surface area contributed by atoms with Gasteiger partial charge in [0.2, 0.25) is 0 Å². The van der Waals surface area contributed by atoms with Crippen molar-refractivity contribution in [2.45, 2.75) is 32.4 Å². The Morgan fingerprint density at radius 3 is 2.88 bits per heavy atom. The van der Waals surface area contributed by atoms with E-state index in [9.17, 15) is 0 Å². The fourth-order valence-corrected chi connectivity index (χ4v) is 2.32. The molecule has 17 heavy (non-hydrogen) atoms. The standard InChI is InChI=1S/C13H21N3O/c1-3-11-9-17-12(8-16(11)4-2)10-5-6-13(14)15-7-10/h5-7,11-12H,3-4,8-9H2,1-2H3,(H2,14,15). The van der Waals surface area contributed by atoms with Crippen molar-refractivity contribution in [2.24, 2.45) is 0 Å². The lowest BCUT2D eigenvalue weighted by atomic mass is 10.1. The maximum Gasteiger partial charge on any atom is 0.123 e. The summed E-state index contributed by atoms with van der Waals surface area (Å²) >= 11 is 0. The predicted octanol–water partition coefficient (Wildman–Crippen LogP) is 1.84. The maximum atomic E-state index is 5.92. The van der Waals surface area contributed by atoms with E-state index in [0.717, 1.165) is 31.7 Å². The summed E-state index contributed by atoms with van der Waals surface area (Å²) in [5.41, 5.74) is 6.71. The summed E-state index contributed by atoms with van der Waals surface area (Å²) in [7, 11) is 0.